The van der Waals surface area contributed by atoms with Crippen molar-refractivity contribution in [2.24, 2.45) is 10.8 Å². The van der Waals surface area contributed by atoms with Gasteiger partial charge in [-0.3, -0.25) is 5.43 Å². The van der Waals surface area contributed by atoms with E-state index in [1.165, 1.54) is 0 Å². The molecule has 0 atom stereocenters. The van der Waals surface area contributed by atoms with Gasteiger partial charge >= 0.3 is 0 Å². The molecule has 0 amide bonds. The van der Waals surface area contributed by atoms with Crippen molar-refractivity contribution in [1.29, 1.82) is 0 Å². The van der Waals surface area contributed by atoms with Crippen molar-refractivity contribution in [2.45, 2.75) is 6.61 Å². The number of rotatable bonds is 6. The van der Waals surface area contributed by atoms with Crippen molar-refractivity contribution in [3.05, 3.63) is 58.1 Å². The zero-order valence-electron chi connectivity index (χ0n) is 12.5. The largest absolute Gasteiger partial charge is 0.493 e. The highest BCUT2D eigenvalue weighted by Gasteiger charge is 2.11. The van der Waals surface area contributed by atoms with Crippen LogP contribution in [0.2, 0.25) is 0 Å². The molecule has 0 radical (unpaired) electrons. The maximum absolute atomic E-state index is 5.87. The Bertz CT molecular complexity index is 708. The van der Waals surface area contributed by atoms with Gasteiger partial charge in [0.2, 0.25) is 0 Å². The third-order valence-electron chi connectivity index (χ3n) is 2.87. The smallest absolute Gasteiger partial charge is 0.184 e. The summed E-state index contributed by atoms with van der Waals surface area (Å²) in [4.78, 5) is 0. The van der Waals surface area contributed by atoms with Gasteiger partial charge in [-0.1, -0.05) is 30.3 Å². The molecule has 7 heteroatoms. The van der Waals surface area contributed by atoms with Crippen LogP contribution in [-0.4, -0.2) is 18.4 Å². The summed E-state index contributed by atoms with van der Waals surface area (Å²) in [6.07, 6.45) is 1.59. The summed E-state index contributed by atoms with van der Waals surface area (Å²) in [7, 11) is 1.59. The second kappa shape index (κ2) is 8.50. The molecule has 2 aromatic carbocycles. The lowest BCUT2D eigenvalue weighted by Crippen LogP contribution is -2.23. The number of hydrogen-bond donors (Lipinski definition) is 2. The van der Waals surface area contributed by atoms with Crippen LogP contribution in [0, 0.1) is 0 Å². The van der Waals surface area contributed by atoms with Gasteiger partial charge in [-0.25, -0.2) is 0 Å². The molecule has 0 unspecified atom stereocenters. The van der Waals surface area contributed by atoms with Crippen LogP contribution >= 0.6 is 28.1 Å². The molecule has 120 valence electrons. The molecule has 2 rings (SSSR count). The molecule has 0 spiro atoms. The minimum atomic E-state index is 0.107. The lowest BCUT2D eigenvalue weighted by molar-refractivity contribution is 0.282. The van der Waals surface area contributed by atoms with Gasteiger partial charge in [0.05, 0.1) is 17.8 Å². The van der Waals surface area contributed by atoms with Crippen LogP contribution in [0.4, 0.5) is 0 Å². The number of thiocarbonyl (C=S) groups is 1. The lowest BCUT2D eigenvalue weighted by Gasteiger charge is -2.13. The molecule has 5 nitrogen and oxygen atoms in total. The van der Waals surface area contributed by atoms with Crippen molar-refractivity contribution < 1.29 is 9.47 Å². The molecule has 0 aliphatic heterocycles. The number of nitrogens with one attached hydrogen (secondary N) is 1. The normalized spacial score (nSPS) is 10.5. The van der Waals surface area contributed by atoms with Crippen LogP contribution in [0.15, 0.2) is 52.0 Å². The first kappa shape index (κ1) is 17.2. The third-order valence-corrected chi connectivity index (χ3v) is 3.55. The molecule has 0 bridgehead atoms. The predicted octanol–water partition coefficient (Wildman–Crippen LogP) is 3.20. The van der Waals surface area contributed by atoms with E-state index < -0.39 is 0 Å². The number of benzene rings is 2. The van der Waals surface area contributed by atoms with Crippen molar-refractivity contribution >= 4 is 39.5 Å². The van der Waals surface area contributed by atoms with E-state index in [9.17, 15) is 0 Å². The zero-order valence-corrected chi connectivity index (χ0v) is 14.9. The molecule has 0 fully saturated rings. The van der Waals surface area contributed by atoms with E-state index >= 15 is 0 Å². The molecular formula is C16H16BrN3O2S. The number of ether oxygens (including phenoxy) is 2. The maximum Gasteiger partial charge on any atom is 0.184 e. The summed E-state index contributed by atoms with van der Waals surface area (Å²) < 4.78 is 12.0. The fourth-order valence-electron chi connectivity index (χ4n) is 1.85. The molecule has 3 N–H and O–H groups in total. The molecule has 0 aliphatic rings. The number of halogens is 1. The minimum Gasteiger partial charge on any atom is -0.493 e. The topological polar surface area (TPSA) is 68.9 Å². The molecule has 0 aromatic heterocycles. The first-order valence-electron chi connectivity index (χ1n) is 6.73. The van der Waals surface area contributed by atoms with E-state index in [1.54, 1.807) is 13.3 Å². The zero-order chi connectivity index (χ0) is 16.7. The first-order valence-corrected chi connectivity index (χ1v) is 7.93. The van der Waals surface area contributed by atoms with Gasteiger partial charge in [0.15, 0.2) is 16.6 Å². The van der Waals surface area contributed by atoms with E-state index in [2.05, 4.69) is 38.7 Å². The monoisotopic (exact) mass is 393 g/mol. The number of hydrazone groups is 1. The molecule has 23 heavy (non-hydrogen) atoms. The summed E-state index contributed by atoms with van der Waals surface area (Å²) in [6, 6.07) is 13.6. The van der Waals surface area contributed by atoms with Crippen molar-refractivity contribution in [2.75, 3.05) is 7.11 Å². The fraction of sp³-hybridized carbons (Fsp3) is 0.125. The number of methoxy groups -OCH3 is 1. The Morgan fingerprint density at radius 1 is 1.35 bits per heavy atom. The van der Waals surface area contributed by atoms with Crippen LogP contribution in [-0.2, 0) is 6.61 Å². The van der Waals surface area contributed by atoms with Crippen molar-refractivity contribution in [3.63, 3.8) is 0 Å². The lowest BCUT2D eigenvalue weighted by atomic mass is 10.2. The fourth-order valence-corrected chi connectivity index (χ4v) is 2.48. The summed E-state index contributed by atoms with van der Waals surface area (Å²) in [5.41, 5.74) is 9.70. The van der Waals surface area contributed by atoms with Gasteiger partial charge < -0.3 is 15.2 Å². The van der Waals surface area contributed by atoms with Crippen LogP contribution in [0.3, 0.4) is 0 Å². The quantitative estimate of drug-likeness (QED) is 0.448. The highest BCUT2D eigenvalue weighted by Crippen LogP contribution is 2.36. The van der Waals surface area contributed by atoms with Gasteiger partial charge in [-0.05, 0) is 51.4 Å². The number of nitrogens with zero attached hydrogens (tertiary/aromatic N) is 1. The molecule has 2 aromatic rings. The number of hydrogen-bond acceptors (Lipinski definition) is 4. The highest BCUT2D eigenvalue weighted by atomic mass is 79.9. The third kappa shape index (κ3) is 5.22. The summed E-state index contributed by atoms with van der Waals surface area (Å²) >= 11 is 8.18. The average Bonchev–Trinajstić information content (AvgIpc) is 2.54. The minimum absolute atomic E-state index is 0.107. The van der Waals surface area contributed by atoms with Crippen LogP contribution in [0.25, 0.3) is 0 Å². The Hall–Kier alpha value is -2.12. The Balaban J connectivity index is 2.16. The first-order chi connectivity index (χ1) is 11.1. The highest BCUT2D eigenvalue weighted by molar-refractivity contribution is 9.10. The Morgan fingerprint density at radius 3 is 2.74 bits per heavy atom. The summed E-state index contributed by atoms with van der Waals surface area (Å²) in [5, 5.41) is 4.03. The predicted molar refractivity (Wildman–Crippen MR) is 99.0 cm³/mol. The van der Waals surface area contributed by atoms with Gasteiger partial charge in [-0.2, -0.15) is 5.10 Å². The van der Waals surface area contributed by atoms with Crippen LogP contribution < -0.4 is 20.6 Å². The van der Waals surface area contributed by atoms with Gasteiger partial charge in [0.25, 0.3) is 0 Å². The van der Waals surface area contributed by atoms with Crippen LogP contribution in [0.5, 0.6) is 11.5 Å². The van der Waals surface area contributed by atoms with E-state index in [4.69, 9.17) is 15.2 Å². The summed E-state index contributed by atoms with van der Waals surface area (Å²) in [6.45, 7) is 0.451. The van der Waals surface area contributed by atoms with Crippen molar-refractivity contribution in [1.82, 2.24) is 5.43 Å². The second-order valence-corrected chi connectivity index (χ2v) is 5.84. The summed E-state index contributed by atoms with van der Waals surface area (Å²) in [5.74, 6) is 1.24. The van der Waals surface area contributed by atoms with E-state index in [0.717, 1.165) is 15.6 Å². The van der Waals surface area contributed by atoms with Gasteiger partial charge in [0, 0.05) is 0 Å². The number of nitrogens with two attached hydrogens (primary N) is 1. The molecule has 0 aliphatic carbocycles. The maximum atomic E-state index is 5.87. The Morgan fingerprint density at radius 2 is 2.09 bits per heavy atom. The van der Waals surface area contributed by atoms with Gasteiger partial charge in [-0.15, -0.1) is 0 Å². The van der Waals surface area contributed by atoms with E-state index in [1.807, 2.05) is 42.5 Å². The standard InChI is InChI=1S/C16H16BrN3O2S/c1-21-14-8-12(9-19-20-16(18)23)7-13(17)15(14)22-10-11-5-3-2-4-6-11/h2-9H,10H2,1H3,(H3,18,20,23). The van der Waals surface area contributed by atoms with E-state index in [0.29, 0.717) is 18.1 Å². The molecule has 0 saturated carbocycles. The van der Waals surface area contributed by atoms with Crippen LogP contribution in [0.1, 0.15) is 11.1 Å². The van der Waals surface area contributed by atoms with E-state index in [-0.39, 0.29) is 5.11 Å². The van der Waals surface area contributed by atoms with Crippen molar-refractivity contribution in [3.8, 4) is 11.5 Å². The average molecular weight is 394 g/mol. The second-order valence-electron chi connectivity index (χ2n) is 4.54. The Kier molecular flexibility index (Phi) is 6.37. The molecule has 0 heterocycles. The van der Waals surface area contributed by atoms with Gasteiger partial charge in [0.1, 0.15) is 6.61 Å². The molecule has 0 saturated heterocycles. The SMILES string of the molecule is COc1cc(C=NNC(N)=S)cc(Br)c1OCc1ccccc1. The molecular weight excluding hydrogens is 378 g/mol. The Labute approximate surface area is 148 Å².